The molecule has 0 unspecified atom stereocenters. The summed E-state index contributed by atoms with van der Waals surface area (Å²) in [6.07, 6.45) is 0. The van der Waals surface area contributed by atoms with Crippen molar-refractivity contribution in [3.8, 4) is 67.9 Å². The third-order valence-corrected chi connectivity index (χ3v) is 7.79. The highest BCUT2D eigenvalue weighted by molar-refractivity contribution is 6.00. The van der Waals surface area contributed by atoms with Gasteiger partial charge in [-0.1, -0.05) is 36.4 Å². The lowest BCUT2D eigenvalue weighted by atomic mass is 9.89. The zero-order valence-corrected chi connectivity index (χ0v) is 25.0. The molecule has 0 aliphatic carbocycles. The van der Waals surface area contributed by atoms with Gasteiger partial charge in [0.25, 0.3) is 0 Å². The van der Waals surface area contributed by atoms with Gasteiger partial charge >= 0.3 is 0 Å². The molecule has 0 saturated carbocycles. The summed E-state index contributed by atoms with van der Waals surface area (Å²) in [5.41, 5.74) is 10.7. The molecule has 0 N–H and O–H groups in total. The Bertz CT molecular complexity index is 1730. The number of benzene rings is 4. The zero-order chi connectivity index (χ0) is 29.3. The topological polar surface area (TPSA) is 50.1 Å². The fourth-order valence-corrected chi connectivity index (χ4v) is 5.14. The van der Waals surface area contributed by atoms with Gasteiger partial charge in [-0.3, -0.25) is 0 Å². The molecular weight excluding hydrogens is 512 g/mol. The summed E-state index contributed by atoms with van der Waals surface area (Å²) >= 11 is 0. The predicted molar refractivity (Wildman–Crippen MR) is 166 cm³/mol. The summed E-state index contributed by atoms with van der Waals surface area (Å²) < 4.78 is 29.4. The molecule has 0 radical (unpaired) electrons. The smallest absolute Gasteiger partial charge is 0.161 e. The Morgan fingerprint density at radius 1 is 0.390 bits per heavy atom. The number of furan rings is 1. The molecule has 0 fully saturated rings. The maximum absolute atomic E-state index is 6.93. The lowest BCUT2D eigenvalue weighted by Gasteiger charge is -2.14. The van der Waals surface area contributed by atoms with Gasteiger partial charge in [0.1, 0.15) is 11.5 Å². The Labute approximate surface area is 242 Å². The van der Waals surface area contributed by atoms with Crippen LogP contribution in [-0.2, 0) is 0 Å². The number of ether oxygens (including phenoxy) is 4. The van der Waals surface area contributed by atoms with E-state index in [0.29, 0.717) is 23.0 Å². The molecule has 1 aromatic heterocycles. The van der Waals surface area contributed by atoms with Crippen molar-refractivity contribution >= 4 is 0 Å². The van der Waals surface area contributed by atoms with Crippen molar-refractivity contribution in [2.45, 2.75) is 27.7 Å². The number of hydrogen-bond donors (Lipinski definition) is 0. The molecule has 0 atom stereocenters. The first-order valence-electron chi connectivity index (χ1n) is 13.6. The molecule has 41 heavy (non-hydrogen) atoms. The van der Waals surface area contributed by atoms with Crippen molar-refractivity contribution < 1.29 is 23.4 Å². The van der Waals surface area contributed by atoms with Crippen LogP contribution in [-0.4, -0.2) is 28.4 Å². The third-order valence-electron chi connectivity index (χ3n) is 7.79. The first-order valence-corrected chi connectivity index (χ1v) is 13.6. The summed E-state index contributed by atoms with van der Waals surface area (Å²) in [6.45, 7) is 8.51. The number of aryl methyl sites for hydroxylation is 4. The lowest BCUT2D eigenvalue weighted by Crippen LogP contribution is -1.93. The minimum absolute atomic E-state index is 0.625. The minimum atomic E-state index is 0.625. The van der Waals surface area contributed by atoms with Crippen molar-refractivity contribution in [3.05, 3.63) is 95.1 Å². The molecule has 5 nitrogen and oxygen atoms in total. The Hall–Kier alpha value is -4.64. The van der Waals surface area contributed by atoms with Crippen molar-refractivity contribution in [2.75, 3.05) is 28.4 Å². The van der Waals surface area contributed by atoms with E-state index < -0.39 is 0 Å². The van der Waals surface area contributed by atoms with Crippen LogP contribution >= 0.6 is 0 Å². The Morgan fingerprint density at radius 3 is 1.24 bits per heavy atom. The molecule has 0 amide bonds. The highest BCUT2D eigenvalue weighted by Crippen LogP contribution is 2.50. The van der Waals surface area contributed by atoms with E-state index in [2.05, 4.69) is 64.1 Å². The van der Waals surface area contributed by atoms with Crippen molar-refractivity contribution in [1.29, 1.82) is 0 Å². The summed E-state index contributed by atoms with van der Waals surface area (Å²) in [4.78, 5) is 0. The summed E-state index contributed by atoms with van der Waals surface area (Å²) in [5.74, 6) is 4.10. The van der Waals surface area contributed by atoms with E-state index in [9.17, 15) is 0 Å². The maximum Gasteiger partial charge on any atom is 0.161 e. The molecule has 0 aliphatic rings. The predicted octanol–water partition coefficient (Wildman–Crippen LogP) is 9.22. The maximum atomic E-state index is 6.93. The van der Waals surface area contributed by atoms with Gasteiger partial charge in [-0.25, -0.2) is 0 Å². The average Bonchev–Trinajstić information content (AvgIpc) is 3.39. The van der Waals surface area contributed by atoms with Gasteiger partial charge in [-0.05, 0) is 97.5 Å². The highest BCUT2D eigenvalue weighted by Gasteiger charge is 2.27. The van der Waals surface area contributed by atoms with Gasteiger partial charge in [-0.2, -0.15) is 0 Å². The van der Waals surface area contributed by atoms with Crippen molar-refractivity contribution in [3.63, 3.8) is 0 Å². The number of hydrogen-bond acceptors (Lipinski definition) is 5. The standard InChI is InChI=1S/C36H36O5/c1-21-9-11-25(17-23(21)3)33-34(26-13-15-29(37-5)31(19-26)39-7)36(28-14-16-30(38-6)32(20-28)40-8)41-35(33)27-12-10-22(2)24(4)18-27/h9-20H,1-8H3. The van der Waals surface area contributed by atoms with Crippen molar-refractivity contribution in [2.24, 2.45) is 0 Å². The van der Waals surface area contributed by atoms with E-state index in [4.69, 9.17) is 23.4 Å². The average molecular weight is 549 g/mol. The fourth-order valence-electron chi connectivity index (χ4n) is 5.14. The van der Waals surface area contributed by atoms with E-state index in [-0.39, 0.29) is 0 Å². The Kier molecular flexibility index (Phi) is 7.80. The fraction of sp³-hybridized carbons (Fsp3) is 0.222. The van der Waals surface area contributed by atoms with E-state index in [1.807, 2.05) is 36.4 Å². The second-order valence-electron chi connectivity index (χ2n) is 10.2. The van der Waals surface area contributed by atoms with Gasteiger partial charge in [0.05, 0.1) is 28.4 Å². The number of methoxy groups -OCH3 is 4. The van der Waals surface area contributed by atoms with Crippen LogP contribution in [0.2, 0.25) is 0 Å². The highest BCUT2D eigenvalue weighted by atomic mass is 16.5. The van der Waals surface area contributed by atoms with Crippen molar-refractivity contribution in [1.82, 2.24) is 0 Å². The van der Waals surface area contributed by atoms with E-state index >= 15 is 0 Å². The minimum Gasteiger partial charge on any atom is -0.493 e. The number of rotatable bonds is 8. The molecule has 0 aliphatic heterocycles. The van der Waals surface area contributed by atoms with Gasteiger partial charge < -0.3 is 23.4 Å². The molecule has 0 saturated heterocycles. The van der Waals surface area contributed by atoms with Crippen LogP contribution < -0.4 is 18.9 Å². The zero-order valence-electron chi connectivity index (χ0n) is 25.0. The quantitative estimate of drug-likeness (QED) is 0.193. The largest absolute Gasteiger partial charge is 0.493 e. The van der Waals surface area contributed by atoms with Crippen LogP contribution in [0.4, 0.5) is 0 Å². The van der Waals surface area contributed by atoms with E-state index in [1.54, 1.807) is 28.4 Å². The van der Waals surface area contributed by atoms with Crippen LogP contribution in [0.15, 0.2) is 77.2 Å². The molecule has 4 aromatic carbocycles. The first kappa shape index (κ1) is 27.9. The van der Waals surface area contributed by atoms with Crippen LogP contribution in [0.25, 0.3) is 44.9 Å². The molecule has 5 aromatic rings. The van der Waals surface area contributed by atoms with Crippen LogP contribution in [0.3, 0.4) is 0 Å². The SMILES string of the molecule is COc1ccc(-c2oc(-c3ccc(C)c(C)c3)c(-c3ccc(C)c(C)c3)c2-c2ccc(OC)c(OC)c2)cc1OC. The monoisotopic (exact) mass is 548 g/mol. The van der Waals surface area contributed by atoms with Crippen LogP contribution in [0, 0.1) is 27.7 Å². The van der Waals surface area contributed by atoms with E-state index in [0.717, 1.165) is 44.9 Å². The molecule has 0 bridgehead atoms. The Balaban J connectivity index is 1.92. The first-order chi connectivity index (χ1) is 19.8. The third kappa shape index (κ3) is 5.16. The molecule has 210 valence electrons. The van der Waals surface area contributed by atoms with Crippen LogP contribution in [0.5, 0.6) is 23.0 Å². The molecule has 5 rings (SSSR count). The molecular formula is C36H36O5. The summed E-state index contributed by atoms with van der Waals surface area (Å²) in [5, 5.41) is 0. The van der Waals surface area contributed by atoms with Gasteiger partial charge in [-0.15, -0.1) is 0 Å². The second kappa shape index (κ2) is 11.5. The normalized spacial score (nSPS) is 10.9. The van der Waals surface area contributed by atoms with Crippen LogP contribution in [0.1, 0.15) is 22.3 Å². The summed E-state index contributed by atoms with van der Waals surface area (Å²) in [6, 6.07) is 24.9. The van der Waals surface area contributed by atoms with Gasteiger partial charge in [0.2, 0.25) is 0 Å². The lowest BCUT2D eigenvalue weighted by molar-refractivity contribution is 0.355. The van der Waals surface area contributed by atoms with E-state index in [1.165, 1.54) is 22.3 Å². The Morgan fingerprint density at radius 2 is 0.756 bits per heavy atom. The van der Waals surface area contributed by atoms with Gasteiger partial charge in [0, 0.05) is 22.3 Å². The van der Waals surface area contributed by atoms with Gasteiger partial charge in [0.15, 0.2) is 23.0 Å². The molecule has 1 heterocycles. The molecule has 5 heteroatoms. The second-order valence-corrected chi connectivity index (χ2v) is 10.2. The molecule has 0 spiro atoms. The summed E-state index contributed by atoms with van der Waals surface area (Å²) in [7, 11) is 6.56.